The number of nitrogens with zero attached hydrogens (tertiary/aromatic N) is 2. The topological polar surface area (TPSA) is 17.8 Å². The van der Waals surface area contributed by atoms with Gasteiger partial charge >= 0.3 is 0 Å². The molecule has 2 nitrogen and oxygen atoms in total. The number of hydrogen-bond acceptors (Lipinski definition) is 2. The number of benzene rings is 1. The van der Waals surface area contributed by atoms with Crippen LogP contribution in [0, 0.1) is 5.95 Å². The maximum Gasteiger partial charge on any atom is 0.193 e. The number of hydrogen-bond donors (Lipinski definition) is 0. The van der Waals surface area contributed by atoms with Gasteiger partial charge in [0.2, 0.25) is 0 Å². The summed E-state index contributed by atoms with van der Waals surface area (Å²) in [6, 6.07) is 9.14. The molecule has 86 valence electrons. The van der Waals surface area contributed by atoms with E-state index in [4.69, 9.17) is 0 Å². The van der Waals surface area contributed by atoms with Crippen LogP contribution in [0.2, 0.25) is 0 Å². The maximum atomic E-state index is 13.3. The molecule has 0 amide bonds. The third-order valence-corrected chi connectivity index (χ3v) is 4.16. The number of fused-ring (bicyclic) bond motifs is 1. The van der Waals surface area contributed by atoms with Crippen molar-refractivity contribution < 1.29 is 4.39 Å². The van der Waals surface area contributed by atoms with E-state index in [0.29, 0.717) is 0 Å². The zero-order valence-electron chi connectivity index (χ0n) is 8.95. The molecule has 0 atom stereocenters. The highest BCUT2D eigenvalue weighted by Crippen LogP contribution is 2.32. The van der Waals surface area contributed by atoms with E-state index in [0.717, 1.165) is 25.4 Å². The first-order valence-electron chi connectivity index (χ1n) is 5.03. The van der Waals surface area contributed by atoms with E-state index in [1.165, 1.54) is 10.6 Å². The smallest absolute Gasteiger partial charge is 0.193 e. The lowest BCUT2D eigenvalue weighted by molar-refractivity contribution is 0.537. The number of halogens is 2. The molecule has 0 aliphatic rings. The third kappa shape index (κ3) is 1.79. The molecule has 2 heterocycles. The first-order valence-corrected chi connectivity index (χ1v) is 6.64. The SMILES string of the molecule is Cn1c(F)ccc1-c1nc2ccc(Br)cc2s1. The molecular formula is C12H8BrFN2S. The van der Waals surface area contributed by atoms with Crippen LogP contribution >= 0.6 is 27.3 Å². The zero-order valence-corrected chi connectivity index (χ0v) is 11.3. The van der Waals surface area contributed by atoms with Gasteiger partial charge in [0, 0.05) is 11.5 Å². The van der Waals surface area contributed by atoms with Gasteiger partial charge in [-0.25, -0.2) is 4.98 Å². The van der Waals surface area contributed by atoms with E-state index >= 15 is 0 Å². The quantitative estimate of drug-likeness (QED) is 0.658. The van der Waals surface area contributed by atoms with Crippen molar-refractivity contribution in [3.8, 4) is 10.7 Å². The Bertz CT molecular complexity index is 702. The third-order valence-electron chi connectivity index (χ3n) is 2.63. The molecule has 3 rings (SSSR count). The summed E-state index contributed by atoms with van der Waals surface area (Å²) in [5.74, 6) is -0.250. The fraction of sp³-hybridized carbons (Fsp3) is 0.0833. The largest absolute Gasteiger partial charge is 0.319 e. The Morgan fingerprint density at radius 2 is 2.12 bits per heavy atom. The van der Waals surface area contributed by atoms with Crippen LogP contribution in [-0.2, 0) is 7.05 Å². The fourth-order valence-corrected chi connectivity index (χ4v) is 3.29. The predicted molar refractivity (Wildman–Crippen MR) is 71.7 cm³/mol. The molecule has 0 spiro atoms. The summed E-state index contributed by atoms with van der Waals surface area (Å²) in [4.78, 5) is 4.51. The summed E-state index contributed by atoms with van der Waals surface area (Å²) in [6.07, 6.45) is 0. The van der Waals surface area contributed by atoms with E-state index in [9.17, 15) is 4.39 Å². The van der Waals surface area contributed by atoms with Crippen molar-refractivity contribution >= 4 is 37.5 Å². The Morgan fingerprint density at radius 3 is 2.82 bits per heavy atom. The van der Waals surface area contributed by atoms with Crippen LogP contribution in [0.1, 0.15) is 0 Å². The number of thiazole rings is 1. The number of aromatic nitrogens is 2. The summed E-state index contributed by atoms with van der Waals surface area (Å²) < 4.78 is 16.9. The van der Waals surface area contributed by atoms with Crippen LogP contribution in [0.4, 0.5) is 4.39 Å². The molecule has 2 aromatic heterocycles. The monoisotopic (exact) mass is 310 g/mol. The second kappa shape index (κ2) is 3.92. The van der Waals surface area contributed by atoms with Crippen LogP contribution in [0.5, 0.6) is 0 Å². The molecule has 0 saturated heterocycles. The molecule has 0 fully saturated rings. The summed E-state index contributed by atoms with van der Waals surface area (Å²) in [6.45, 7) is 0. The van der Waals surface area contributed by atoms with E-state index in [1.807, 2.05) is 18.2 Å². The molecule has 0 radical (unpaired) electrons. The summed E-state index contributed by atoms with van der Waals surface area (Å²) in [5.41, 5.74) is 1.75. The van der Waals surface area contributed by atoms with Crippen LogP contribution in [0.25, 0.3) is 20.9 Å². The molecule has 17 heavy (non-hydrogen) atoms. The van der Waals surface area contributed by atoms with Gasteiger partial charge < -0.3 is 4.57 Å². The van der Waals surface area contributed by atoms with Crippen LogP contribution in [0.15, 0.2) is 34.8 Å². The van der Waals surface area contributed by atoms with Gasteiger partial charge in [-0.15, -0.1) is 11.3 Å². The van der Waals surface area contributed by atoms with Gasteiger partial charge in [0.15, 0.2) is 5.95 Å². The van der Waals surface area contributed by atoms with Crippen molar-refractivity contribution in [2.24, 2.45) is 7.05 Å². The average molecular weight is 311 g/mol. The van der Waals surface area contributed by atoms with Gasteiger partial charge in [-0.1, -0.05) is 15.9 Å². The Balaban J connectivity index is 2.21. The molecule has 0 N–H and O–H groups in total. The molecule has 0 saturated carbocycles. The van der Waals surface area contributed by atoms with Crippen molar-refractivity contribution in [2.75, 3.05) is 0 Å². The highest BCUT2D eigenvalue weighted by molar-refractivity contribution is 9.10. The summed E-state index contributed by atoms with van der Waals surface area (Å²) in [7, 11) is 1.70. The van der Waals surface area contributed by atoms with Crippen LogP contribution < -0.4 is 0 Å². The normalized spacial score (nSPS) is 11.2. The first-order chi connectivity index (χ1) is 8.15. The van der Waals surface area contributed by atoms with E-state index in [-0.39, 0.29) is 5.95 Å². The zero-order chi connectivity index (χ0) is 12.0. The molecule has 0 aliphatic carbocycles. The van der Waals surface area contributed by atoms with Crippen molar-refractivity contribution in [2.45, 2.75) is 0 Å². The Kier molecular flexibility index (Phi) is 2.52. The second-order valence-corrected chi connectivity index (χ2v) is 5.68. The second-order valence-electron chi connectivity index (χ2n) is 3.73. The highest BCUT2D eigenvalue weighted by atomic mass is 79.9. The molecule has 0 bridgehead atoms. The predicted octanol–water partition coefficient (Wildman–Crippen LogP) is 4.20. The Hall–Kier alpha value is -1.20. The lowest BCUT2D eigenvalue weighted by Gasteiger charge is -1.98. The summed E-state index contributed by atoms with van der Waals surface area (Å²) in [5, 5.41) is 0.838. The lowest BCUT2D eigenvalue weighted by atomic mass is 10.3. The fourth-order valence-electron chi connectivity index (χ4n) is 1.71. The maximum absolute atomic E-state index is 13.3. The van der Waals surface area contributed by atoms with Crippen molar-refractivity contribution in [1.29, 1.82) is 0 Å². The van der Waals surface area contributed by atoms with Crippen molar-refractivity contribution in [3.63, 3.8) is 0 Å². The summed E-state index contributed by atoms with van der Waals surface area (Å²) >= 11 is 4.99. The van der Waals surface area contributed by atoms with Crippen LogP contribution in [0.3, 0.4) is 0 Å². The first kappa shape index (κ1) is 10.9. The van der Waals surface area contributed by atoms with E-state index in [2.05, 4.69) is 20.9 Å². The van der Waals surface area contributed by atoms with E-state index in [1.54, 1.807) is 24.5 Å². The molecule has 0 aliphatic heterocycles. The molecule has 1 aromatic carbocycles. The van der Waals surface area contributed by atoms with Crippen LogP contribution in [-0.4, -0.2) is 9.55 Å². The Morgan fingerprint density at radius 1 is 1.29 bits per heavy atom. The highest BCUT2D eigenvalue weighted by Gasteiger charge is 2.11. The van der Waals surface area contributed by atoms with Gasteiger partial charge in [0.05, 0.1) is 15.9 Å². The minimum Gasteiger partial charge on any atom is -0.319 e. The standard InChI is InChI=1S/C12H8BrFN2S/c1-16-9(4-5-11(16)14)12-15-8-3-2-7(13)6-10(8)17-12/h2-6H,1H3. The van der Waals surface area contributed by atoms with Crippen molar-refractivity contribution in [3.05, 3.63) is 40.8 Å². The van der Waals surface area contributed by atoms with Crippen molar-refractivity contribution in [1.82, 2.24) is 9.55 Å². The average Bonchev–Trinajstić information content (AvgIpc) is 2.83. The van der Waals surface area contributed by atoms with Gasteiger partial charge in [-0.3, -0.25) is 0 Å². The lowest BCUT2D eigenvalue weighted by Crippen LogP contribution is -1.93. The van der Waals surface area contributed by atoms with E-state index < -0.39 is 0 Å². The number of rotatable bonds is 1. The van der Waals surface area contributed by atoms with Gasteiger partial charge in [0.25, 0.3) is 0 Å². The van der Waals surface area contributed by atoms with Gasteiger partial charge in [-0.05, 0) is 30.3 Å². The molecule has 3 aromatic rings. The van der Waals surface area contributed by atoms with Gasteiger partial charge in [-0.2, -0.15) is 4.39 Å². The minimum absolute atomic E-state index is 0.250. The molecule has 0 unspecified atom stereocenters. The van der Waals surface area contributed by atoms with Gasteiger partial charge in [0.1, 0.15) is 5.01 Å². The Labute approximate surface area is 110 Å². The minimum atomic E-state index is -0.250. The molecule has 5 heteroatoms. The molecular weight excluding hydrogens is 303 g/mol.